The highest BCUT2D eigenvalue weighted by molar-refractivity contribution is 4.84. The van der Waals surface area contributed by atoms with Crippen molar-refractivity contribution in [1.82, 2.24) is 0 Å². The highest BCUT2D eigenvalue weighted by Crippen LogP contribution is 2.35. The molecular weight excluding hydrogens is 208 g/mol. The van der Waals surface area contributed by atoms with Gasteiger partial charge in [0.15, 0.2) is 12.1 Å². The van der Waals surface area contributed by atoms with Crippen LogP contribution in [0, 0.1) is 11.3 Å². The molecule has 0 spiro atoms. The maximum absolute atomic E-state index is 5.72. The molecule has 0 N–H and O–H groups in total. The molecule has 2 rings (SSSR count). The molecule has 0 aromatic rings. The molecule has 4 heteroatoms. The predicted octanol–water partition coefficient (Wildman–Crippen LogP) is 1.78. The van der Waals surface area contributed by atoms with Crippen LogP contribution < -0.4 is 0 Å². The predicted molar refractivity (Wildman–Crippen MR) is 58.9 cm³/mol. The third-order valence-electron chi connectivity index (χ3n) is 3.13. The lowest BCUT2D eigenvalue weighted by molar-refractivity contribution is -0.339. The molecule has 16 heavy (non-hydrogen) atoms. The van der Waals surface area contributed by atoms with Gasteiger partial charge in [0, 0.05) is 5.92 Å². The minimum Gasteiger partial charge on any atom is -0.352 e. The molecule has 2 saturated heterocycles. The molecular formula is C12H22O4. The average molecular weight is 230 g/mol. The number of hydrogen-bond acceptors (Lipinski definition) is 4. The van der Waals surface area contributed by atoms with Crippen molar-refractivity contribution in [3.63, 3.8) is 0 Å². The van der Waals surface area contributed by atoms with Crippen molar-refractivity contribution in [3.8, 4) is 0 Å². The van der Waals surface area contributed by atoms with E-state index >= 15 is 0 Å². The molecule has 0 saturated carbocycles. The summed E-state index contributed by atoms with van der Waals surface area (Å²) in [5.74, 6) is -0.0108. The minimum atomic E-state index is -0.485. The SMILES string of the molecule is CC1COC(C2(C)COC(C)(C)OC2)OC1. The monoisotopic (exact) mass is 230 g/mol. The smallest absolute Gasteiger partial charge is 0.167 e. The summed E-state index contributed by atoms with van der Waals surface area (Å²) in [6, 6.07) is 0. The van der Waals surface area contributed by atoms with Gasteiger partial charge in [-0.1, -0.05) is 13.8 Å². The van der Waals surface area contributed by atoms with Crippen LogP contribution in [0.1, 0.15) is 27.7 Å². The zero-order valence-corrected chi connectivity index (χ0v) is 10.6. The summed E-state index contributed by atoms with van der Waals surface area (Å²) >= 11 is 0. The number of rotatable bonds is 1. The van der Waals surface area contributed by atoms with Crippen molar-refractivity contribution in [2.45, 2.75) is 39.8 Å². The van der Waals surface area contributed by atoms with E-state index in [1.807, 2.05) is 13.8 Å². The van der Waals surface area contributed by atoms with Crippen LogP contribution in [0.5, 0.6) is 0 Å². The molecule has 0 aromatic carbocycles. The molecule has 2 aliphatic rings. The van der Waals surface area contributed by atoms with E-state index in [0.29, 0.717) is 19.1 Å². The summed E-state index contributed by atoms with van der Waals surface area (Å²) in [5, 5.41) is 0. The lowest BCUT2D eigenvalue weighted by atomic mass is 9.90. The van der Waals surface area contributed by atoms with Crippen LogP contribution in [0.4, 0.5) is 0 Å². The van der Waals surface area contributed by atoms with Crippen molar-refractivity contribution in [2.24, 2.45) is 11.3 Å². The first kappa shape index (κ1) is 12.3. The molecule has 0 atom stereocenters. The van der Waals surface area contributed by atoms with Gasteiger partial charge in [0.05, 0.1) is 31.8 Å². The highest BCUT2D eigenvalue weighted by atomic mass is 16.7. The van der Waals surface area contributed by atoms with Crippen LogP contribution >= 0.6 is 0 Å². The van der Waals surface area contributed by atoms with Gasteiger partial charge in [-0.2, -0.15) is 0 Å². The van der Waals surface area contributed by atoms with Crippen molar-refractivity contribution < 1.29 is 18.9 Å². The maximum Gasteiger partial charge on any atom is 0.167 e. The maximum atomic E-state index is 5.72. The van der Waals surface area contributed by atoms with Gasteiger partial charge < -0.3 is 18.9 Å². The van der Waals surface area contributed by atoms with Gasteiger partial charge in [0.25, 0.3) is 0 Å². The van der Waals surface area contributed by atoms with Gasteiger partial charge in [-0.15, -0.1) is 0 Å². The first-order valence-corrected chi connectivity index (χ1v) is 5.92. The lowest BCUT2D eigenvalue weighted by Crippen LogP contribution is -2.54. The van der Waals surface area contributed by atoms with Gasteiger partial charge in [0.2, 0.25) is 0 Å². The molecule has 0 aliphatic carbocycles. The van der Waals surface area contributed by atoms with Crippen molar-refractivity contribution >= 4 is 0 Å². The molecule has 94 valence electrons. The average Bonchev–Trinajstić information content (AvgIpc) is 2.24. The molecule has 0 unspecified atom stereocenters. The van der Waals surface area contributed by atoms with Crippen molar-refractivity contribution in [1.29, 1.82) is 0 Å². The largest absolute Gasteiger partial charge is 0.352 e. The molecule has 4 nitrogen and oxygen atoms in total. The third kappa shape index (κ3) is 2.56. The van der Waals surface area contributed by atoms with Crippen molar-refractivity contribution in [3.05, 3.63) is 0 Å². The van der Waals surface area contributed by atoms with E-state index in [9.17, 15) is 0 Å². The molecule has 0 aromatic heterocycles. The first-order valence-electron chi connectivity index (χ1n) is 5.92. The second-order valence-corrected chi connectivity index (χ2v) is 5.73. The van der Waals surface area contributed by atoms with Crippen LogP contribution in [0.15, 0.2) is 0 Å². The summed E-state index contributed by atoms with van der Waals surface area (Å²) < 4.78 is 22.8. The van der Waals surface area contributed by atoms with E-state index in [0.717, 1.165) is 13.2 Å². The zero-order valence-electron chi connectivity index (χ0n) is 10.6. The Balaban J connectivity index is 1.93. The van der Waals surface area contributed by atoms with Crippen LogP contribution in [0.25, 0.3) is 0 Å². The summed E-state index contributed by atoms with van der Waals surface area (Å²) in [4.78, 5) is 0. The fourth-order valence-electron chi connectivity index (χ4n) is 1.90. The van der Waals surface area contributed by atoms with Gasteiger partial charge in [-0.3, -0.25) is 0 Å². The van der Waals surface area contributed by atoms with E-state index in [-0.39, 0.29) is 11.7 Å². The number of ether oxygens (including phenoxy) is 4. The van der Waals surface area contributed by atoms with E-state index in [1.54, 1.807) is 0 Å². The summed E-state index contributed by atoms with van der Waals surface area (Å²) in [6.07, 6.45) is -0.209. The zero-order chi connectivity index (χ0) is 11.8. The third-order valence-corrected chi connectivity index (χ3v) is 3.13. The molecule has 0 bridgehead atoms. The van der Waals surface area contributed by atoms with Gasteiger partial charge >= 0.3 is 0 Å². The first-order chi connectivity index (χ1) is 7.41. The van der Waals surface area contributed by atoms with Gasteiger partial charge in [-0.25, -0.2) is 0 Å². The fourth-order valence-corrected chi connectivity index (χ4v) is 1.90. The van der Waals surface area contributed by atoms with Crippen LogP contribution in [0.3, 0.4) is 0 Å². The van der Waals surface area contributed by atoms with Crippen LogP contribution in [-0.2, 0) is 18.9 Å². The fraction of sp³-hybridized carbons (Fsp3) is 1.00. The second-order valence-electron chi connectivity index (χ2n) is 5.73. The van der Waals surface area contributed by atoms with E-state index in [4.69, 9.17) is 18.9 Å². The Morgan fingerprint density at radius 2 is 1.44 bits per heavy atom. The normalized spacial score (nSPS) is 38.2. The minimum absolute atomic E-state index is 0.199. The van der Waals surface area contributed by atoms with Gasteiger partial charge in [0.1, 0.15) is 0 Å². The summed E-state index contributed by atoms with van der Waals surface area (Å²) in [5.41, 5.74) is -0.199. The Morgan fingerprint density at radius 3 is 1.94 bits per heavy atom. The van der Waals surface area contributed by atoms with E-state index in [1.165, 1.54) is 0 Å². The topological polar surface area (TPSA) is 36.9 Å². The quantitative estimate of drug-likeness (QED) is 0.688. The Labute approximate surface area is 97.2 Å². The van der Waals surface area contributed by atoms with E-state index in [2.05, 4.69) is 13.8 Å². The van der Waals surface area contributed by atoms with Crippen molar-refractivity contribution in [2.75, 3.05) is 26.4 Å². The Bertz CT molecular complexity index is 233. The molecule has 0 amide bonds. The lowest BCUT2D eigenvalue weighted by Gasteiger charge is -2.46. The van der Waals surface area contributed by atoms with Gasteiger partial charge in [-0.05, 0) is 13.8 Å². The van der Waals surface area contributed by atoms with Crippen LogP contribution in [-0.4, -0.2) is 38.5 Å². The Kier molecular flexibility index (Phi) is 3.27. The summed E-state index contributed by atoms with van der Waals surface area (Å²) in [6.45, 7) is 10.8. The standard InChI is InChI=1S/C12H22O4/c1-9-5-13-10(14-6-9)12(4)7-15-11(2,3)16-8-12/h9-10H,5-8H2,1-4H3. The summed E-state index contributed by atoms with van der Waals surface area (Å²) in [7, 11) is 0. The van der Waals surface area contributed by atoms with E-state index < -0.39 is 5.79 Å². The number of hydrogen-bond donors (Lipinski definition) is 0. The molecule has 2 heterocycles. The Hall–Kier alpha value is -0.160. The highest BCUT2D eigenvalue weighted by Gasteiger charge is 2.45. The Morgan fingerprint density at radius 1 is 0.938 bits per heavy atom. The van der Waals surface area contributed by atoms with Crippen LogP contribution in [0.2, 0.25) is 0 Å². The molecule has 0 radical (unpaired) electrons. The molecule has 2 aliphatic heterocycles. The second kappa shape index (κ2) is 4.26. The molecule has 2 fully saturated rings.